The Labute approximate surface area is 157 Å². The second-order valence-corrected chi connectivity index (χ2v) is 6.65. The van der Waals surface area contributed by atoms with Gasteiger partial charge in [0.2, 0.25) is 0 Å². The van der Waals surface area contributed by atoms with E-state index in [4.69, 9.17) is 0 Å². The summed E-state index contributed by atoms with van der Waals surface area (Å²) in [7, 11) is 0. The number of likely N-dealkylation sites (tertiary alicyclic amines) is 1. The molecule has 1 aliphatic heterocycles. The lowest BCUT2D eigenvalue weighted by molar-refractivity contribution is 0.0692. The predicted molar refractivity (Wildman–Crippen MR) is 102 cm³/mol. The van der Waals surface area contributed by atoms with Gasteiger partial charge in [-0.1, -0.05) is 30.3 Å². The van der Waals surface area contributed by atoms with Crippen LogP contribution in [0.2, 0.25) is 0 Å². The number of benzene rings is 2. The minimum Gasteiger partial charge on any atom is -0.349 e. The number of para-hydroxylation sites is 2. The zero-order valence-electron chi connectivity index (χ0n) is 14.8. The Morgan fingerprint density at radius 1 is 0.926 bits per heavy atom. The Hall–Kier alpha value is -3.28. The fraction of sp³-hybridized carbons (Fsp3) is 0.238. The first-order chi connectivity index (χ1) is 13.2. The normalized spacial score (nSPS) is 14.9. The first-order valence-electron chi connectivity index (χ1n) is 9.08. The van der Waals surface area contributed by atoms with Crippen LogP contribution in [0.25, 0.3) is 11.0 Å². The molecule has 6 heteroatoms. The summed E-state index contributed by atoms with van der Waals surface area (Å²) < 4.78 is 0. The number of aromatic nitrogens is 2. The maximum absolute atomic E-state index is 12.7. The van der Waals surface area contributed by atoms with Gasteiger partial charge in [-0.25, -0.2) is 4.98 Å². The number of carbonyl (C=O) groups is 2. The Morgan fingerprint density at radius 3 is 2.33 bits per heavy atom. The molecule has 2 heterocycles. The predicted octanol–water partition coefficient (Wildman–Crippen LogP) is 2.66. The van der Waals surface area contributed by atoms with Gasteiger partial charge < -0.3 is 10.2 Å². The average molecular weight is 360 g/mol. The van der Waals surface area contributed by atoms with Crippen molar-refractivity contribution in [2.45, 2.75) is 18.9 Å². The number of carbonyl (C=O) groups excluding carboxylic acids is 2. The summed E-state index contributed by atoms with van der Waals surface area (Å²) in [6.07, 6.45) is 2.99. The van der Waals surface area contributed by atoms with Gasteiger partial charge in [0.25, 0.3) is 11.8 Å². The van der Waals surface area contributed by atoms with Crippen LogP contribution in [0.3, 0.4) is 0 Å². The number of amides is 2. The van der Waals surface area contributed by atoms with E-state index in [-0.39, 0.29) is 17.9 Å². The van der Waals surface area contributed by atoms with Crippen LogP contribution in [0.15, 0.2) is 60.8 Å². The van der Waals surface area contributed by atoms with E-state index in [1.54, 1.807) is 17.0 Å². The van der Waals surface area contributed by atoms with Crippen molar-refractivity contribution in [1.29, 1.82) is 0 Å². The lowest BCUT2D eigenvalue weighted by Crippen LogP contribution is -2.46. The van der Waals surface area contributed by atoms with Crippen molar-refractivity contribution < 1.29 is 9.59 Å². The van der Waals surface area contributed by atoms with Crippen LogP contribution in [-0.2, 0) is 0 Å². The van der Waals surface area contributed by atoms with Crippen LogP contribution in [0.4, 0.5) is 0 Å². The summed E-state index contributed by atoms with van der Waals surface area (Å²) in [6.45, 7) is 1.18. The third-order valence-electron chi connectivity index (χ3n) is 4.82. The van der Waals surface area contributed by atoms with Gasteiger partial charge in [0, 0.05) is 24.7 Å². The Bertz CT molecular complexity index is 966. The molecule has 0 atom stereocenters. The summed E-state index contributed by atoms with van der Waals surface area (Å²) in [5.74, 6) is -0.179. The van der Waals surface area contributed by atoms with Crippen molar-refractivity contribution >= 4 is 22.8 Å². The highest BCUT2D eigenvalue weighted by atomic mass is 16.2. The zero-order valence-corrected chi connectivity index (χ0v) is 14.8. The van der Waals surface area contributed by atoms with Crippen LogP contribution in [0, 0.1) is 0 Å². The number of hydrogen-bond acceptors (Lipinski definition) is 4. The third-order valence-corrected chi connectivity index (χ3v) is 4.82. The van der Waals surface area contributed by atoms with Crippen molar-refractivity contribution in [3.8, 4) is 0 Å². The molecule has 1 aromatic heterocycles. The Kier molecular flexibility index (Phi) is 4.78. The molecule has 6 nitrogen and oxygen atoms in total. The smallest absolute Gasteiger partial charge is 0.274 e. The molecule has 1 fully saturated rings. The topological polar surface area (TPSA) is 75.2 Å². The molecule has 1 aliphatic rings. The molecule has 0 aliphatic carbocycles. The van der Waals surface area contributed by atoms with E-state index < -0.39 is 0 Å². The number of hydrogen-bond donors (Lipinski definition) is 1. The Morgan fingerprint density at radius 2 is 1.59 bits per heavy atom. The maximum atomic E-state index is 12.7. The first-order valence-corrected chi connectivity index (χ1v) is 9.08. The molecule has 136 valence electrons. The standard InChI is InChI=1S/C21H20N4O2/c26-20(15-6-2-1-3-7-15)23-16-10-12-25(13-11-16)21(27)19-14-22-17-8-4-5-9-18(17)24-19/h1-9,14,16H,10-13H2,(H,23,26). The molecule has 4 rings (SSSR count). The number of nitrogens with zero attached hydrogens (tertiary/aromatic N) is 3. The molecular formula is C21H20N4O2. The maximum Gasteiger partial charge on any atom is 0.274 e. The molecule has 1 N–H and O–H groups in total. The molecular weight excluding hydrogens is 340 g/mol. The van der Waals surface area contributed by atoms with E-state index in [2.05, 4.69) is 15.3 Å². The molecule has 27 heavy (non-hydrogen) atoms. The highest BCUT2D eigenvalue weighted by Crippen LogP contribution is 2.15. The van der Waals surface area contributed by atoms with Gasteiger partial charge >= 0.3 is 0 Å². The molecule has 1 saturated heterocycles. The minimum atomic E-state index is -0.110. The SMILES string of the molecule is O=C(NC1CCN(C(=O)c2cnc3ccccc3n2)CC1)c1ccccc1. The molecule has 0 spiro atoms. The van der Waals surface area contributed by atoms with E-state index in [0.717, 1.165) is 18.4 Å². The quantitative estimate of drug-likeness (QED) is 0.779. The van der Waals surface area contributed by atoms with E-state index >= 15 is 0 Å². The fourth-order valence-electron chi connectivity index (χ4n) is 3.31. The summed E-state index contributed by atoms with van der Waals surface area (Å²) in [6, 6.07) is 16.8. The van der Waals surface area contributed by atoms with Crippen LogP contribution in [0.5, 0.6) is 0 Å². The lowest BCUT2D eigenvalue weighted by Gasteiger charge is -2.32. The van der Waals surface area contributed by atoms with Gasteiger partial charge in [0.1, 0.15) is 5.69 Å². The van der Waals surface area contributed by atoms with Gasteiger partial charge in [-0.2, -0.15) is 0 Å². The van der Waals surface area contributed by atoms with Crippen molar-refractivity contribution in [2.75, 3.05) is 13.1 Å². The zero-order chi connectivity index (χ0) is 18.6. The van der Waals surface area contributed by atoms with E-state index in [9.17, 15) is 9.59 Å². The Balaban J connectivity index is 1.37. The summed E-state index contributed by atoms with van der Waals surface area (Å²) in [4.78, 5) is 35.5. The van der Waals surface area contributed by atoms with E-state index in [1.807, 2.05) is 42.5 Å². The second-order valence-electron chi connectivity index (χ2n) is 6.65. The van der Waals surface area contributed by atoms with Crippen LogP contribution >= 0.6 is 0 Å². The molecule has 2 amide bonds. The molecule has 0 unspecified atom stereocenters. The summed E-state index contributed by atoms with van der Waals surface area (Å²) >= 11 is 0. The van der Waals surface area contributed by atoms with Crippen molar-refractivity contribution in [2.24, 2.45) is 0 Å². The van der Waals surface area contributed by atoms with Gasteiger partial charge in [-0.3, -0.25) is 14.6 Å². The number of rotatable bonds is 3. The summed E-state index contributed by atoms with van der Waals surface area (Å²) in [5.41, 5.74) is 2.51. The summed E-state index contributed by atoms with van der Waals surface area (Å²) in [5, 5.41) is 3.05. The highest BCUT2D eigenvalue weighted by Gasteiger charge is 2.25. The van der Waals surface area contributed by atoms with Crippen LogP contribution < -0.4 is 5.32 Å². The van der Waals surface area contributed by atoms with Crippen molar-refractivity contribution in [1.82, 2.24) is 20.2 Å². The van der Waals surface area contributed by atoms with Gasteiger partial charge in [-0.15, -0.1) is 0 Å². The monoisotopic (exact) mass is 360 g/mol. The minimum absolute atomic E-state index is 0.0687. The largest absolute Gasteiger partial charge is 0.349 e. The van der Waals surface area contributed by atoms with Crippen LogP contribution in [0.1, 0.15) is 33.7 Å². The lowest BCUT2D eigenvalue weighted by atomic mass is 10.0. The molecule has 0 radical (unpaired) electrons. The molecule has 0 saturated carbocycles. The number of nitrogens with one attached hydrogen (secondary N) is 1. The highest BCUT2D eigenvalue weighted by molar-refractivity contribution is 5.95. The molecule has 2 aromatic carbocycles. The van der Waals surface area contributed by atoms with Crippen molar-refractivity contribution in [3.05, 3.63) is 72.1 Å². The van der Waals surface area contributed by atoms with Gasteiger partial charge in [0.15, 0.2) is 0 Å². The van der Waals surface area contributed by atoms with Crippen LogP contribution in [-0.4, -0.2) is 45.8 Å². The second kappa shape index (κ2) is 7.53. The fourth-order valence-corrected chi connectivity index (χ4v) is 3.31. The van der Waals surface area contributed by atoms with E-state index in [0.29, 0.717) is 29.9 Å². The van der Waals surface area contributed by atoms with E-state index in [1.165, 1.54) is 6.20 Å². The molecule has 3 aromatic rings. The van der Waals surface area contributed by atoms with Gasteiger partial charge in [-0.05, 0) is 37.1 Å². The molecule has 0 bridgehead atoms. The van der Waals surface area contributed by atoms with Crippen molar-refractivity contribution in [3.63, 3.8) is 0 Å². The number of fused-ring (bicyclic) bond motifs is 1. The van der Waals surface area contributed by atoms with Gasteiger partial charge in [0.05, 0.1) is 17.2 Å². The average Bonchev–Trinajstić information content (AvgIpc) is 2.74. The first kappa shape index (κ1) is 17.1. The third kappa shape index (κ3) is 3.79. The number of piperidine rings is 1.